The quantitative estimate of drug-likeness (QED) is 0.547. The van der Waals surface area contributed by atoms with Gasteiger partial charge in [0.25, 0.3) is 0 Å². The van der Waals surface area contributed by atoms with Crippen LogP contribution in [0.15, 0.2) is 42.5 Å². The molecule has 3 rings (SSSR count). The molecule has 1 aliphatic heterocycles. The fourth-order valence-electron chi connectivity index (χ4n) is 3.80. The van der Waals surface area contributed by atoms with Crippen LogP contribution in [0.2, 0.25) is 10.0 Å². The van der Waals surface area contributed by atoms with Crippen molar-refractivity contribution in [2.75, 3.05) is 33.8 Å². The highest BCUT2D eigenvalue weighted by Gasteiger charge is 2.27. The zero-order valence-electron chi connectivity index (χ0n) is 18.6. The fourth-order valence-corrected chi connectivity index (χ4v) is 4.21. The molecule has 2 amide bonds. The summed E-state index contributed by atoms with van der Waals surface area (Å²) < 4.78 is 6.09. The number of nitrogens with zero attached hydrogens (tertiary/aromatic N) is 2. The Morgan fingerprint density at radius 1 is 1.19 bits per heavy atom. The van der Waals surface area contributed by atoms with Gasteiger partial charge in [0.1, 0.15) is 0 Å². The molecule has 1 aliphatic rings. The molecule has 0 bridgehead atoms. The fraction of sp³-hybridized carbons (Fsp3) is 0.458. The lowest BCUT2D eigenvalue weighted by Crippen LogP contribution is -2.49. The first-order chi connectivity index (χ1) is 15.4. The van der Waals surface area contributed by atoms with Gasteiger partial charge >= 0.3 is 6.03 Å². The van der Waals surface area contributed by atoms with E-state index in [1.165, 1.54) is 0 Å². The van der Waals surface area contributed by atoms with Crippen LogP contribution in [0.3, 0.4) is 0 Å². The molecule has 0 radical (unpaired) electrons. The smallest absolute Gasteiger partial charge is 0.319 e. The molecule has 2 N–H and O–H groups in total. The van der Waals surface area contributed by atoms with Crippen molar-refractivity contribution in [2.45, 2.75) is 38.1 Å². The van der Waals surface area contributed by atoms with Gasteiger partial charge in [0.2, 0.25) is 0 Å². The number of aliphatic hydroxyl groups is 1. The van der Waals surface area contributed by atoms with Gasteiger partial charge in [-0.25, -0.2) is 4.79 Å². The molecule has 2 aromatic rings. The van der Waals surface area contributed by atoms with Crippen molar-refractivity contribution in [3.63, 3.8) is 0 Å². The molecular formula is C24H31Cl2N3O3. The number of carbonyl (C=O) groups excluding carboxylic acids is 1. The van der Waals surface area contributed by atoms with Gasteiger partial charge in [-0.3, -0.25) is 0 Å². The highest BCUT2D eigenvalue weighted by molar-refractivity contribution is 6.42. The molecule has 6 nitrogen and oxygen atoms in total. The Kier molecular flexibility index (Phi) is 9.20. The summed E-state index contributed by atoms with van der Waals surface area (Å²) in [6.07, 6.45) is 1.81. The zero-order valence-corrected chi connectivity index (χ0v) is 20.1. The van der Waals surface area contributed by atoms with E-state index >= 15 is 0 Å². The number of nitrogens with one attached hydrogen (secondary N) is 1. The largest absolute Gasteiger partial charge is 0.392 e. The van der Waals surface area contributed by atoms with Crippen molar-refractivity contribution in [2.24, 2.45) is 0 Å². The maximum atomic E-state index is 13.0. The summed E-state index contributed by atoms with van der Waals surface area (Å²) in [7, 11) is 3.92. The highest BCUT2D eigenvalue weighted by atomic mass is 35.5. The van der Waals surface area contributed by atoms with Gasteiger partial charge in [0.05, 0.1) is 23.3 Å². The molecule has 2 aromatic carbocycles. The van der Waals surface area contributed by atoms with Crippen LogP contribution in [0, 0.1) is 0 Å². The number of halogens is 2. The van der Waals surface area contributed by atoms with Gasteiger partial charge in [-0.2, -0.15) is 0 Å². The van der Waals surface area contributed by atoms with Crippen LogP contribution in [0.25, 0.3) is 0 Å². The summed E-state index contributed by atoms with van der Waals surface area (Å²) in [5.74, 6) is 0. The van der Waals surface area contributed by atoms with Crippen LogP contribution >= 0.6 is 23.2 Å². The second kappa shape index (κ2) is 11.9. The Balaban J connectivity index is 1.67. The van der Waals surface area contributed by atoms with Crippen LogP contribution in [0.4, 0.5) is 4.79 Å². The Bertz CT molecular complexity index is 887. The molecule has 1 atom stereocenters. The maximum Gasteiger partial charge on any atom is 0.319 e. The van der Waals surface area contributed by atoms with E-state index < -0.39 is 6.23 Å². The first-order valence-electron chi connectivity index (χ1n) is 10.8. The second-order valence-electron chi connectivity index (χ2n) is 8.21. The van der Waals surface area contributed by atoms with Gasteiger partial charge < -0.3 is 25.0 Å². The lowest BCUT2D eigenvalue weighted by atomic mass is 10.0. The van der Waals surface area contributed by atoms with Crippen LogP contribution < -0.4 is 5.32 Å². The Morgan fingerprint density at radius 3 is 2.50 bits per heavy atom. The first-order valence-corrected chi connectivity index (χ1v) is 11.6. The monoisotopic (exact) mass is 479 g/mol. The van der Waals surface area contributed by atoms with E-state index in [0.717, 1.165) is 37.1 Å². The third-order valence-corrected chi connectivity index (χ3v) is 6.79. The van der Waals surface area contributed by atoms with Crippen molar-refractivity contribution in [3.05, 3.63) is 69.2 Å². The number of hydrogen-bond donors (Lipinski definition) is 2. The molecule has 1 heterocycles. The van der Waals surface area contributed by atoms with Crippen molar-refractivity contribution < 1.29 is 14.6 Å². The number of rotatable bonds is 8. The van der Waals surface area contributed by atoms with Crippen LogP contribution in [0.1, 0.15) is 35.8 Å². The van der Waals surface area contributed by atoms with Gasteiger partial charge in [-0.15, -0.1) is 0 Å². The summed E-state index contributed by atoms with van der Waals surface area (Å²) in [5, 5.41) is 13.0. The molecule has 1 unspecified atom stereocenters. The molecule has 0 aromatic heterocycles. The van der Waals surface area contributed by atoms with Gasteiger partial charge in [0.15, 0.2) is 6.23 Å². The van der Waals surface area contributed by atoms with E-state index in [0.29, 0.717) is 28.6 Å². The molecule has 174 valence electrons. The molecule has 8 heteroatoms. The molecule has 0 saturated carbocycles. The number of carbonyl (C=O) groups is 1. The van der Waals surface area contributed by atoms with Gasteiger partial charge in [-0.1, -0.05) is 59.6 Å². The molecular weight excluding hydrogens is 449 g/mol. The Morgan fingerprint density at radius 2 is 1.84 bits per heavy atom. The number of aliphatic hydroxyl groups excluding tert-OH is 1. The van der Waals surface area contributed by atoms with E-state index in [4.69, 9.17) is 27.9 Å². The number of piperidine rings is 1. The number of urea groups is 1. The van der Waals surface area contributed by atoms with Crippen molar-refractivity contribution in [3.8, 4) is 0 Å². The van der Waals surface area contributed by atoms with E-state index in [-0.39, 0.29) is 18.7 Å². The minimum atomic E-state index is -0.723. The normalized spacial score (nSPS) is 16.0. The van der Waals surface area contributed by atoms with E-state index in [2.05, 4.69) is 17.3 Å². The molecule has 0 spiro atoms. The number of likely N-dealkylation sites (tertiary alicyclic amines) is 1. The van der Waals surface area contributed by atoms with Crippen LogP contribution in [-0.4, -0.2) is 60.8 Å². The summed E-state index contributed by atoms with van der Waals surface area (Å²) >= 11 is 12.7. The number of ether oxygens (including phenoxy) is 1. The SMILES string of the molecule is CN1CCC(N(C)C(=O)NC(OCCc2ccc(CO)cc2)c2cccc(Cl)c2Cl)CC1. The van der Waals surface area contributed by atoms with Crippen molar-refractivity contribution >= 4 is 29.2 Å². The molecule has 1 fully saturated rings. The lowest BCUT2D eigenvalue weighted by Gasteiger charge is -2.36. The predicted molar refractivity (Wildman–Crippen MR) is 128 cm³/mol. The molecule has 32 heavy (non-hydrogen) atoms. The number of amides is 2. The summed E-state index contributed by atoms with van der Waals surface area (Å²) in [6, 6.07) is 13.0. The van der Waals surface area contributed by atoms with Gasteiger partial charge in [0, 0.05) is 18.7 Å². The van der Waals surface area contributed by atoms with Crippen LogP contribution in [-0.2, 0) is 17.8 Å². The standard InChI is InChI=1S/C24H31Cl2N3O3/c1-28-13-10-19(11-14-28)29(2)24(31)27-23(20-4-3-5-21(25)22(20)26)32-15-12-17-6-8-18(16-30)9-7-17/h3-9,19,23,30H,10-16H2,1-2H3,(H,27,31). The average Bonchev–Trinajstić information content (AvgIpc) is 2.80. The van der Waals surface area contributed by atoms with Crippen molar-refractivity contribution in [1.82, 2.24) is 15.1 Å². The predicted octanol–water partition coefficient (Wildman–Crippen LogP) is 4.48. The minimum Gasteiger partial charge on any atom is -0.392 e. The number of hydrogen-bond acceptors (Lipinski definition) is 4. The van der Waals surface area contributed by atoms with E-state index in [1.807, 2.05) is 37.4 Å². The molecule has 0 aliphatic carbocycles. The summed E-state index contributed by atoms with van der Waals surface area (Å²) in [6.45, 7) is 2.34. The Labute approximate surface area is 200 Å². The van der Waals surface area contributed by atoms with Crippen LogP contribution in [0.5, 0.6) is 0 Å². The maximum absolute atomic E-state index is 13.0. The Hall–Kier alpha value is -1.83. The number of benzene rings is 2. The summed E-state index contributed by atoms with van der Waals surface area (Å²) in [5.41, 5.74) is 2.57. The summed E-state index contributed by atoms with van der Waals surface area (Å²) in [4.78, 5) is 17.1. The average molecular weight is 480 g/mol. The first kappa shape index (κ1) is 24.8. The topological polar surface area (TPSA) is 65.0 Å². The highest BCUT2D eigenvalue weighted by Crippen LogP contribution is 2.31. The van der Waals surface area contributed by atoms with Gasteiger partial charge in [-0.05, 0) is 56.6 Å². The second-order valence-corrected chi connectivity index (χ2v) is 9.00. The minimum absolute atomic E-state index is 0.0168. The molecule has 1 saturated heterocycles. The van der Waals surface area contributed by atoms with E-state index in [9.17, 15) is 9.90 Å². The third-order valence-electron chi connectivity index (χ3n) is 5.96. The van der Waals surface area contributed by atoms with E-state index in [1.54, 1.807) is 17.0 Å². The lowest BCUT2D eigenvalue weighted by molar-refractivity contribution is 0.0319. The third kappa shape index (κ3) is 6.59. The zero-order chi connectivity index (χ0) is 23.1. The van der Waals surface area contributed by atoms with Crippen molar-refractivity contribution in [1.29, 1.82) is 0 Å².